The van der Waals surface area contributed by atoms with Gasteiger partial charge in [0.25, 0.3) is 10.0 Å². The van der Waals surface area contributed by atoms with Crippen LogP contribution in [0.25, 0.3) is 11.1 Å². The number of aryl methyl sites for hydroxylation is 1. The molecule has 2 aromatic rings. The second-order valence-electron chi connectivity index (χ2n) is 4.14. The quantitative estimate of drug-likeness (QED) is 0.857. The van der Waals surface area contributed by atoms with E-state index in [9.17, 15) is 8.42 Å². The van der Waals surface area contributed by atoms with Gasteiger partial charge in [-0.15, -0.1) is 0 Å². The fraction of sp³-hybridized carbons (Fsp3) is 0.231. The molecule has 0 atom stereocenters. The molecule has 0 spiro atoms. The van der Waals surface area contributed by atoms with Gasteiger partial charge in [0, 0.05) is 5.56 Å². The van der Waals surface area contributed by atoms with Crippen LogP contribution in [-0.2, 0) is 10.0 Å². The van der Waals surface area contributed by atoms with Crippen LogP contribution in [0, 0.1) is 18.3 Å². The minimum atomic E-state index is -3.37. The second-order valence-corrected chi connectivity index (χ2v) is 6.26. The number of aromatic nitrogens is 2. The molecule has 0 aliphatic heterocycles. The van der Waals surface area contributed by atoms with E-state index in [1.54, 1.807) is 19.1 Å². The highest BCUT2D eigenvalue weighted by Gasteiger charge is 2.13. The molecule has 0 amide bonds. The fourth-order valence-corrected chi connectivity index (χ4v) is 2.46. The van der Waals surface area contributed by atoms with Crippen LogP contribution in [0.2, 0.25) is 0 Å². The van der Waals surface area contributed by atoms with Gasteiger partial charge >= 0.3 is 0 Å². The average Bonchev–Trinajstić information content (AvgIpc) is 2.89. The van der Waals surface area contributed by atoms with Crippen LogP contribution >= 0.6 is 0 Å². The standard InChI is InChI=1S/C13H13N3O2S/c1-3-19(17,18)16-9-12(8-15-16)13-6-11(7-14)5-4-10(13)2/h4-6,8-9H,3H2,1-2H3. The third-order valence-corrected chi connectivity index (χ3v) is 4.39. The zero-order chi connectivity index (χ0) is 14.0. The number of hydrogen-bond acceptors (Lipinski definition) is 4. The predicted molar refractivity (Wildman–Crippen MR) is 72.0 cm³/mol. The molecular formula is C13H13N3O2S. The molecule has 0 saturated heterocycles. The first kappa shape index (κ1) is 13.3. The van der Waals surface area contributed by atoms with Crippen molar-refractivity contribution in [1.29, 1.82) is 5.26 Å². The van der Waals surface area contributed by atoms with Crippen LogP contribution < -0.4 is 0 Å². The highest BCUT2D eigenvalue weighted by Crippen LogP contribution is 2.24. The zero-order valence-corrected chi connectivity index (χ0v) is 11.5. The zero-order valence-electron chi connectivity index (χ0n) is 10.7. The van der Waals surface area contributed by atoms with Gasteiger partial charge in [-0.1, -0.05) is 6.07 Å². The summed E-state index contributed by atoms with van der Waals surface area (Å²) < 4.78 is 24.4. The van der Waals surface area contributed by atoms with Crippen molar-refractivity contribution in [3.8, 4) is 17.2 Å². The molecule has 1 aromatic carbocycles. The number of hydrogen-bond donors (Lipinski definition) is 0. The first-order valence-corrected chi connectivity index (χ1v) is 7.38. The fourth-order valence-electron chi connectivity index (χ4n) is 1.73. The molecule has 1 aromatic heterocycles. The summed E-state index contributed by atoms with van der Waals surface area (Å²) in [6.07, 6.45) is 2.97. The lowest BCUT2D eigenvalue weighted by molar-refractivity contribution is 0.581. The molecule has 5 nitrogen and oxygen atoms in total. The van der Waals surface area contributed by atoms with Gasteiger partial charge in [-0.05, 0) is 37.1 Å². The van der Waals surface area contributed by atoms with Gasteiger partial charge in [-0.3, -0.25) is 0 Å². The van der Waals surface area contributed by atoms with E-state index in [2.05, 4.69) is 11.2 Å². The number of nitriles is 1. The van der Waals surface area contributed by atoms with E-state index >= 15 is 0 Å². The van der Waals surface area contributed by atoms with E-state index in [0.717, 1.165) is 15.2 Å². The van der Waals surface area contributed by atoms with Crippen molar-refractivity contribution in [2.24, 2.45) is 0 Å². The molecule has 0 N–H and O–H groups in total. The molecular weight excluding hydrogens is 262 g/mol. The Hall–Kier alpha value is -2.13. The summed E-state index contributed by atoms with van der Waals surface area (Å²) in [4.78, 5) is 0. The molecule has 2 rings (SSSR count). The molecule has 0 aliphatic rings. The molecule has 0 aliphatic carbocycles. The highest BCUT2D eigenvalue weighted by atomic mass is 32.2. The minimum absolute atomic E-state index is 0.00859. The molecule has 0 unspecified atom stereocenters. The Balaban J connectivity index is 2.53. The lowest BCUT2D eigenvalue weighted by atomic mass is 10.0. The van der Waals surface area contributed by atoms with Crippen LogP contribution in [0.3, 0.4) is 0 Å². The van der Waals surface area contributed by atoms with Crippen molar-refractivity contribution in [3.63, 3.8) is 0 Å². The average molecular weight is 275 g/mol. The van der Waals surface area contributed by atoms with Gasteiger partial charge in [-0.2, -0.15) is 14.4 Å². The molecule has 0 bridgehead atoms. The van der Waals surface area contributed by atoms with E-state index in [1.807, 2.05) is 13.0 Å². The van der Waals surface area contributed by atoms with E-state index in [1.165, 1.54) is 12.4 Å². The largest absolute Gasteiger partial charge is 0.253 e. The minimum Gasteiger partial charge on any atom is -0.205 e. The normalized spacial score (nSPS) is 11.2. The van der Waals surface area contributed by atoms with Crippen LogP contribution in [0.15, 0.2) is 30.6 Å². The SMILES string of the molecule is CCS(=O)(=O)n1cc(-c2cc(C#N)ccc2C)cn1. The lowest BCUT2D eigenvalue weighted by Gasteiger charge is -2.03. The van der Waals surface area contributed by atoms with Crippen molar-refractivity contribution >= 4 is 10.0 Å². The molecule has 1 heterocycles. The van der Waals surface area contributed by atoms with Crippen LogP contribution in [0.1, 0.15) is 18.1 Å². The Morgan fingerprint density at radius 1 is 1.42 bits per heavy atom. The number of nitrogens with zero attached hydrogens (tertiary/aromatic N) is 3. The monoisotopic (exact) mass is 275 g/mol. The van der Waals surface area contributed by atoms with Gasteiger partial charge < -0.3 is 0 Å². The van der Waals surface area contributed by atoms with E-state index in [-0.39, 0.29) is 5.75 Å². The molecule has 0 saturated carbocycles. The van der Waals surface area contributed by atoms with Gasteiger partial charge in [-0.25, -0.2) is 8.42 Å². The van der Waals surface area contributed by atoms with E-state index in [0.29, 0.717) is 11.1 Å². The van der Waals surface area contributed by atoms with Gasteiger partial charge in [0.2, 0.25) is 0 Å². The Kier molecular flexibility index (Phi) is 3.40. The van der Waals surface area contributed by atoms with Crippen LogP contribution in [-0.4, -0.2) is 23.4 Å². The molecule has 6 heteroatoms. The summed E-state index contributed by atoms with van der Waals surface area (Å²) in [5, 5.41) is 12.8. The second kappa shape index (κ2) is 4.86. The molecule has 0 radical (unpaired) electrons. The maximum absolute atomic E-state index is 11.7. The maximum atomic E-state index is 11.7. The van der Waals surface area contributed by atoms with Crippen LogP contribution in [0.5, 0.6) is 0 Å². The Labute approximate surface area is 112 Å². The highest BCUT2D eigenvalue weighted by molar-refractivity contribution is 7.89. The third-order valence-electron chi connectivity index (χ3n) is 2.89. The summed E-state index contributed by atoms with van der Waals surface area (Å²) in [7, 11) is -3.37. The predicted octanol–water partition coefficient (Wildman–Crippen LogP) is 1.93. The number of benzene rings is 1. The Morgan fingerprint density at radius 2 is 2.16 bits per heavy atom. The van der Waals surface area contributed by atoms with Crippen molar-refractivity contribution in [2.75, 3.05) is 5.75 Å². The summed E-state index contributed by atoms with van der Waals surface area (Å²) in [5.41, 5.74) is 3.00. The van der Waals surface area contributed by atoms with Crippen molar-refractivity contribution in [1.82, 2.24) is 9.19 Å². The number of rotatable bonds is 3. The van der Waals surface area contributed by atoms with E-state index < -0.39 is 10.0 Å². The van der Waals surface area contributed by atoms with E-state index in [4.69, 9.17) is 5.26 Å². The summed E-state index contributed by atoms with van der Waals surface area (Å²) in [5.74, 6) is -0.00859. The first-order valence-electron chi connectivity index (χ1n) is 5.77. The smallest absolute Gasteiger partial charge is 0.205 e. The van der Waals surface area contributed by atoms with Crippen molar-refractivity contribution < 1.29 is 8.42 Å². The molecule has 98 valence electrons. The lowest BCUT2D eigenvalue weighted by Crippen LogP contribution is -2.14. The summed E-state index contributed by atoms with van der Waals surface area (Å²) in [6.45, 7) is 3.47. The van der Waals surface area contributed by atoms with Crippen molar-refractivity contribution in [2.45, 2.75) is 13.8 Å². The topological polar surface area (TPSA) is 75.8 Å². The van der Waals surface area contributed by atoms with Crippen LogP contribution in [0.4, 0.5) is 0 Å². The Bertz CT molecular complexity index is 754. The summed E-state index contributed by atoms with van der Waals surface area (Å²) >= 11 is 0. The van der Waals surface area contributed by atoms with Crippen molar-refractivity contribution in [3.05, 3.63) is 41.7 Å². The first-order chi connectivity index (χ1) is 8.97. The molecule has 0 fully saturated rings. The third kappa shape index (κ3) is 2.51. The molecule has 19 heavy (non-hydrogen) atoms. The Morgan fingerprint density at radius 3 is 2.79 bits per heavy atom. The van der Waals surface area contributed by atoms with Gasteiger partial charge in [0.1, 0.15) is 0 Å². The van der Waals surface area contributed by atoms with Gasteiger partial charge in [0.05, 0.1) is 29.8 Å². The van der Waals surface area contributed by atoms with Gasteiger partial charge in [0.15, 0.2) is 0 Å². The maximum Gasteiger partial charge on any atom is 0.253 e. The summed E-state index contributed by atoms with van der Waals surface area (Å²) in [6, 6.07) is 7.36.